The van der Waals surface area contributed by atoms with E-state index >= 15 is 0 Å². The minimum atomic E-state index is -0.262. The fourth-order valence-electron chi connectivity index (χ4n) is 2.29. The van der Waals surface area contributed by atoms with Crippen molar-refractivity contribution in [3.63, 3.8) is 0 Å². The zero-order chi connectivity index (χ0) is 13.0. The molecule has 0 saturated carbocycles. The molecule has 0 N–H and O–H groups in total. The highest BCUT2D eigenvalue weighted by Gasteiger charge is 2.30. The Morgan fingerprint density at radius 3 is 2.67 bits per heavy atom. The van der Waals surface area contributed by atoms with Crippen LogP contribution in [0.25, 0.3) is 6.08 Å². The second-order valence-corrected chi connectivity index (χ2v) is 4.52. The molecule has 1 aromatic carbocycles. The molecule has 0 aliphatic carbocycles. The molecule has 1 saturated heterocycles. The Morgan fingerprint density at radius 2 is 2.00 bits per heavy atom. The molecule has 1 aliphatic rings. The van der Waals surface area contributed by atoms with Crippen molar-refractivity contribution in [1.29, 1.82) is 0 Å². The van der Waals surface area contributed by atoms with Crippen LogP contribution >= 0.6 is 0 Å². The minimum absolute atomic E-state index is 0.0149. The molecule has 1 aromatic rings. The lowest BCUT2D eigenvalue weighted by molar-refractivity contribution is -0.134. The van der Waals surface area contributed by atoms with Gasteiger partial charge in [0.05, 0.1) is 6.04 Å². The molecule has 0 unspecified atom stereocenters. The first kappa shape index (κ1) is 12.6. The van der Waals surface area contributed by atoms with Gasteiger partial charge < -0.3 is 4.90 Å². The summed E-state index contributed by atoms with van der Waals surface area (Å²) in [6.45, 7) is 2.22. The van der Waals surface area contributed by atoms with Gasteiger partial charge in [-0.1, -0.05) is 36.4 Å². The zero-order valence-electron chi connectivity index (χ0n) is 10.5. The third kappa shape index (κ3) is 2.86. The van der Waals surface area contributed by atoms with Gasteiger partial charge in [0, 0.05) is 13.5 Å². The molecule has 1 fully saturated rings. The number of hydrogen-bond acceptors (Lipinski definition) is 2. The van der Waals surface area contributed by atoms with E-state index in [-0.39, 0.29) is 17.7 Å². The smallest absolute Gasteiger partial charge is 0.220 e. The quantitative estimate of drug-likeness (QED) is 0.764. The number of benzene rings is 1. The van der Waals surface area contributed by atoms with Crippen LogP contribution in [0, 0.1) is 0 Å². The molecule has 3 heteroatoms. The molecule has 0 aromatic heterocycles. The number of carbonyl (C=O) groups excluding carboxylic acids is 2. The fourth-order valence-corrected chi connectivity index (χ4v) is 2.29. The van der Waals surface area contributed by atoms with Gasteiger partial charge in [-0.2, -0.15) is 0 Å². The van der Waals surface area contributed by atoms with Crippen molar-refractivity contribution in [1.82, 2.24) is 4.90 Å². The maximum atomic E-state index is 12.1. The van der Waals surface area contributed by atoms with Crippen LogP contribution in [0.1, 0.15) is 25.3 Å². The van der Waals surface area contributed by atoms with E-state index in [0.29, 0.717) is 6.54 Å². The van der Waals surface area contributed by atoms with Crippen molar-refractivity contribution < 1.29 is 9.59 Å². The predicted octanol–water partition coefficient (Wildman–Crippen LogP) is 2.28. The molecule has 0 spiro atoms. The highest BCUT2D eigenvalue weighted by atomic mass is 16.2. The molecular weight excluding hydrogens is 226 g/mol. The van der Waals surface area contributed by atoms with E-state index in [0.717, 1.165) is 18.4 Å². The Bertz CT molecular complexity index is 465. The van der Waals surface area contributed by atoms with E-state index < -0.39 is 0 Å². The van der Waals surface area contributed by atoms with Gasteiger partial charge in [-0.25, -0.2) is 0 Å². The molecular formula is C15H17NO2. The fraction of sp³-hybridized carbons (Fsp3) is 0.333. The lowest BCUT2D eigenvalue weighted by Crippen LogP contribution is -2.38. The molecule has 2 rings (SSSR count). The maximum Gasteiger partial charge on any atom is 0.220 e. The van der Waals surface area contributed by atoms with Gasteiger partial charge in [0.15, 0.2) is 5.78 Å². The maximum absolute atomic E-state index is 12.1. The Morgan fingerprint density at radius 1 is 1.28 bits per heavy atom. The number of carbonyl (C=O) groups is 2. The summed E-state index contributed by atoms with van der Waals surface area (Å²) < 4.78 is 0. The number of likely N-dealkylation sites (tertiary alicyclic amines) is 1. The third-order valence-corrected chi connectivity index (χ3v) is 3.23. The largest absolute Gasteiger partial charge is 0.333 e. The summed E-state index contributed by atoms with van der Waals surface area (Å²) >= 11 is 0. The van der Waals surface area contributed by atoms with Crippen molar-refractivity contribution in [3.8, 4) is 0 Å². The summed E-state index contributed by atoms with van der Waals surface area (Å²) in [6, 6.07) is 9.43. The summed E-state index contributed by atoms with van der Waals surface area (Å²) in [5.74, 6) is 0.00511. The number of rotatable bonds is 3. The van der Waals surface area contributed by atoms with Gasteiger partial charge in [-0.15, -0.1) is 0 Å². The van der Waals surface area contributed by atoms with E-state index in [1.54, 1.807) is 17.1 Å². The Kier molecular flexibility index (Phi) is 3.92. The minimum Gasteiger partial charge on any atom is -0.333 e. The molecule has 1 amide bonds. The van der Waals surface area contributed by atoms with Crippen molar-refractivity contribution in [2.45, 2.75) is 25.8 Å². The highest BCUT2D eigenvalue weighted by Crippen LogP contribution is 2.18. The normalized spacial score (nSPS) is 19.4. The summed E-state index contributed by atoms with van der Waals surface area (Å²) in [5.41, 5.74) is 0.998. The van der Waals surface area contributed by atoms with Crippen LogP contribution < -0.4 is 0 Å². The summed E-state index contributed by atoms with van der Waals surface area (Å²) in [6.07, 6.45) is 5.08. The van der Waals surface area contributed by atoms with Crippen LogP contribution in [0.3, 0.4) is 0 Å². The van der Waals surface area contributed by atoms with Gasteiger partial charge in [0.25, 0.3) is 0 Å². The summed E-state index contributed by atoms with van der Waals surface area (Å²) in [4.78, 5) is 25.1. The molecule has 94 valence electrons. The average molecular weight is 243 g/mol. The average Bonchev–Trinajstić information content (AvgIpc) is 2.86. The van der Waals surface area contributed by atoms with Crippen LogP contribution in [0.2, 0.25) is 0 Å². The van der Waals surface area contributed by atoms with E-state index in [1.165, 1.54) is 6.92 Å². The van der Waals surface area contributed by atoms with Gasteiger partial charge in [-0.3, -0.25) is 9.59 Å². The summed E-state index contributed by atoms with van der Waals surface area (Å²) in [7, 11) is 0. The topological polar surface area (TPSA) is 37.4 Å². The van der Waals surface area contributed by atoms with Crippen LogP contribution in [0.15, 0.2) is 36.4 Å². The lowest BCUT2D eigenvalue weighted by Gasteiger charge is -2.20. The van der Waals surface area contributed by atoms with Gasteiger partial charge in [0.2, 0.25) is 5.91 Å². The number of amides is 1. The first-order valence-electron chi connectivity index (χ1n) is 6.22. The number of ketones is 1. The molecule has 0 bridgehead atoms. The molecule has 1 heterocycles. The number of hydrogen-bond donors (Lipinski definition) is 0. The molecule has 0 radical (unpaired) electrons. The molecule has 18 heavy (non-hydrogen) atoms. The van der Waals surface area contributed by atoms with E-state index in [4.69, 9.17) is 0 Å². The monoisotopic (exact) mass is 243 g/mol. The predicted molar refractivity (Wildman–Crippen MR) is 70.9 cm³/mol. The number of nitrogens with zero attached hydrogens (tertiary/aromatic N) is 1. The lowest BCUT2D eigenvalue weighted by atomic mass is 10.1. The van der Waals surface area contributed by atoms with E-state index in [2.05, 4.69) is 0 Å². The van der Waals surface area contributed by atoms with E-state index in [9.17, 15) is 9.59 Å². The zero-order valence-corrected chi connectivity index (χ0v) is 10.5. The molecule has 1 atom stereocenters. The van der Waals surface area contributed by atoms with Crippen LogP contribution in [-0.2, 0) is 9.59 Å². The van der Waals surface area contributed by atoms with Gasteiger partial charge in [0.1, 0.15) is 0 Å². The first-order chi connectivity index (χ1) is 8.68. The van der Waals surface area contributed by atoms with Crippen molar-refractivity contribution >= 4 is 17.8 Å². The Hall–Kier alpha value is -1.90. The summed E-state index contributed by atoms with van der Waals surface area (Å²) in [5, 5.41) is 0. The molecule has 1 aliphatic heterocycles. The van der Waals surface area contributed by atoms with Crippen molar-refractivity contribution in [2.24, 2.45) is 0 Å². The second kappa shape index (κ2) is 5.63. The van der Waals surface area contributed by atoms with E-state index in [1.807, 2.05) is 30.3 Å². The first-order valence-corrected chi connectivity index (χ1v) is 6.22. The third-order valence-electron chi connectivity index (χ3n) is 3.23. The Balaban J connectivity index is 2.04. The van der Waals surface area contributed by atoms with Crippen LogP contribution in [-0.4, -0.2) is 29.2 Å². The highest BCUT2D eigenvalue weighted by molar-refractivity contribution is 5.99. The SMILES string of the molecule is CC(=O)N1CCC[C@H]1C(=O)C=Cc1ccccc1. The van der Waals surface area contributed by atoms with Gasteiger partial charge >= 0.3 is 0 Å². The molecule has 3 nitrogen and oxygen atoms in total. The van der Waals surface area contributed by atoms with Crippen molar-refractivity contribution in [3.05, 3.63) is 42.0 Å². The van der Waals surface area contributed by atoms with Crippen LogP contribution in [0.5, 0.6) is 0 Å². The van der Waals surface area contributed by atoms with Gasteiger partial charge in [-0.05, 0) is 24.5 Å². The van der Waals surface area contributed by atoms with Crippen molar-refractivity contribution in [2.75, 3.05) is 6.54 Å². The standard InChI is InChI=1S/C15H17NO2/c1-12(17)16-11-5-8-14(16)15(18)10-9-13-6-3-2-4-7-13/h2-4,6-7,9-10,14H,5,8,11H2,1H3/t14-/m0/s1. The van der Waals surface area contributed by atoms with Crippen LogP contribution in [0.4, 0.5) is 0 Å². The second-order valence-electron chi connectivity index (χ2n) is 4.52. The Labute approximate surface area is 107 Å².